The number of hydrogen-bond acceptors (Lipinski definition) is 3. The number of hydrogen-bond donors (Lipinski definition) is 2. The monoisotopic (exact) mass is 391 g/mol. The van der Waals surface area contributed by atoms with E-state index in [1.54, 1.807) is 0 Å². The Kier molecular flexibility index (Phi) is 5.54. The first-order valence-corrected chi connectivity index (χ1v) is 7.46. The zero-order chi connectivity index (χ0) is 18.8. The summed E-state index contributed by atoms with van der Waals surface area (Å²) in [5.41, 5.74) is -2.01. The molecule has 1 aromatic carbocycles. The van der Waals surface area contributed by atoms with Crippen LogP contribution in [0.4, 0.5) is 24.5 Å². The van der Waals surface area contributed by atoms with Gasteiger partial charge in [0.05, 0.1) is 16.3 Å². The van der Waals surface area contributed by atoms with Gasteiger partial charge in [0.1, 0.15) is 10.8 Å². The zero-order valence-electron chi connectivity index (χ0n) is 12.5. The largest absolute Gasteiger partial charge is 0.418 e. The van der Waals surface area contributed by atoms with Gasteiger partial charge in [-0.25, -0.2) is 4.98 Å². The van der Waals surface area contributed by atoms with Gasteiger partial charge in [-0.3, -0.25) is 9.59 Å². The van der Waals surface area contributed by atoms with Gasteiger partial charge in [0.25, 0.3) is 5.91 Å². The molecule has 0 aliphatic rings. The first kappa shape index (κ1) is 19.0. The number of carbonyl (C=O) groups excluding carboxylic acids is 2. The highest BCUT2D eigenvalue weighted by atomic mass is 35.5. The first-order chi connectivity index (χ1) is 11.6. The Labute approximate surface area is 150 Å². The van der Waals surface area contributed by atoms with Crippen LogP contribution in [0.3, 0.4) is 0 Å². The second kappa shape index (κ2) is 7.28. The van der Waals surface area contributed by atoms with Crippen molar-refractivity contribution in [3.05, 3.63) is 51.8 Å². The van der Waals surface area contributed by atoms with Gasteiger partial charge >= 0.3 is 6.18 Å². The number of carbonyl (C=O) groups is 2. The SMILES string of the molecule is CC(=O)Nc1ccc(NC(=O)c2nc(Cl)ccc2Cl)c(C(F)(F)F)c1. The van der Waals surface area contributed by atoms with Gasteiger partial charge in [0.2, 0.25) is 5.91 Å². The van der Waals surface area contributed by atoms with Gasteiger partial charge in [-0.05, 0) is 30.3 Å². The molecule has 0 aliphatic carbocycles. The van der Waals surface area contributed by atoms with Crippen molar-refractivity contribution in [2.75, 3.05) is 10.6 Å². The van der Waals surface area contributed by atoms with Crippen molar-refractivity contribution in [2.45, 2.75) is 13.1 Å². The minimum Gasteiger partial charge on any atom is -0.326 e. The van der Waals surface area contributed by atoms with Crippen LogP contribution < -0.4 is 10.6 Å². The molecule has 2 aromatic rings. The van der Waals surface area contributed by atoms with Crippen LogP contribution in [0.25, 0.3) is 0 Å². The number of halogens is 5. The van der Waals surface area contributed by atoms with Crippen molar-refractivity contribution in [2.24, 2.45) is 0 Å². The first-order valence-electron chi connectivity index (χ1n) is 6.70. The smallest absolute Gasteiger partial charge is 0.326 e. The fraction of sp³-hybridized carbons (Fsp3) is 0.133. The van der Waals surface area contributed by atoms with Crippen molar-refractivity contribution in [3.63, 3.8) is 0 Å². The van der Waals surface area contributed by atoms with Crippen molar-refractivity contribution < 1.29 is 22.8 Å². The van der Waals surface area contributed by atoms with E-state index in [0.717, 1.165) is 13.0 Å². The minimum atomic E-state index is -4.76. The Morgan fingerprint density at radius 1 is 1.08 bits per heavy atom. The molecule has 1 heterocycles. The average Bonchev–Trinajstić information content (AvgIpc) is 2.49. The van der Waals surface area contributed by atoms with E-state index in [4.69, 9.17) is 23.2 Å². The lowest BCUT2D eigenvalue weighted by Gasteiger charge is -2.15. The zero-order valence-corrected chi connectivity index (χ0v) is 14.1. The van der Waals surface area contributed by atoms with E-state index < -0.39 is 29.2 Å². The van der Waals surface area contributed by atoms with Crippen LogP contribution in [0, 0.1) is 0 Å². The number of nitrogens with one attached hydrogen (secondary N) is 2. The molecule has 0 saturated carbocycles. The molecule has 2 N–H and O–H groups in total. The van der Waals surface area contributed by atoms with E-state index in [-0.39, 0.29) is 21.6 Å². The summed E-state index contributed by atoms with van der Waals surface area (Å²) < 4.78 is 39.7. The predicted octanol–water partition coefficient (Wildman–Crippen LogP) is 4.62. The third-order valence-electron chi connectivity index (χ3n) is 2.92. The Hall–Kier alpha value is -2.32. The van der Waals surface area contributed by atoms with Gasteiger partial charge in [-0.15, -0.1) is 0 Å². The third kappa shape index (κ3) is 4.83. The molecule has 2 amide bonds. The number of benzene rings is 1. The van der Waals surface area contributed by atoms with Crippen LogP contribution in [0.5, 0.6) is 0 Å². The molecule has 0 atom stereocenters. The van der Waals surface area contributed by atoms with Crippen molar-refractivity contribution >= 4 is 46.4 Å². The predicted molar refractivity (Wildman–Crippen MR) is 88.0 cm³/mol. The van der Waals surface area contributed by atoms with E-state index in [1.165, 1.54) is 18.2 Å². The van der Waals surface area contributed by atoms with Gasteiger partial charge in [0, 0.05) is 12.6 Å². The molecule has 0 saturated heterocycles. The number of alkyl halides is 3. The highest BCUT2D eigenvalue weighted by Crippen LogP contribution is 2.37. The summed E-state index contributed by atoms with van der Waals surface area (Å²) in [5.74, 6) is -1.48. The molecule has 5 nitrogen and oxygen atoms in total. The van der Waals surface area contributed by atoms with E-state index in [0.29, 0.717) is 6.07 Å². The standard InChI is InChI=1S/C15H10Cl2F3N3O2/c1-7(24)21-8-2-4-11(9(6-8)15(18,19)20)22-14(25)13-10(16)3-5-12(17)23-13/h2-6H,1H3,(H,21,24)(H,22,25). The Morgan fingerprint density at radius 2 is 1.76 bits per heavy atom. The van der Waals surface area contributed by atoms with Crippen molar-refractivity contribution in [3.8, 4) is 0 Å². The van der Waals surface area contributed by atoms with Crippen LogP contribution in [0.1, 0.15) is 23.0 Å². The number of amides is 2. The van der Waals surface area contributed by atoms with Crippen LogP contribution in [-0.2, 0) is 11.0 Å². The van der Waals surface area contributed by atoms with E-state index in [2.05, 4.69) is 15.6 Å². The van der Waals surface area contributed by atoms with Crippen molar-refractivity contribution in [1.29, 1.82) is 0 Å². The molecular formula is C15H10Cl2F3N3O2. The molecule has 0 radical (unpaired) electrons. The number of nitrogens with zero attached hydrogens (tertiary/aromatic N) is 1. The molecule has 0 spiro atoms. The number of aromatic nitrogens is 1. The maximum absolute atomic E-state index is 13.2. The maximum Gasteiger partial charge on any atom is 0.418 e. The summed E-state index contributed by atoms with van der Waals surface area (Å²) in [6, 6.07) is 5.59. The maximum atomic E-state index is 13.2. The lowest BCUT2D eigenvalue weighted by molar-refractivity contribution is -0.137. The summed E-state index contributed by atoms with van der Waals surface area (Å²) in [7, 11) is 0. The Morgan fingerprint density at radius 3 is 2.36 bits per heavy atom. The molecule has 0 unspecified atom stereocenters. The molecule has 0 bridgehead atoms. The Balaban J connectivity index is 2.39. The van der Waals surface area contributed by atoms with Gasteiger partial charge in [0.15, 0.2) is 0 Å². The summed E-state index contributed by atoms with van der Waals surface area (Å²) in [4.78, 5) is 26.9. The molecule has 10 heteroatoms. The summed E-state index contributed by atoms with van der Waals surface area (Å²) in [6.45, 7) is 1.16. The Bertz CT molecular complexity index is 841. The number of pyridine rings is 1. The van der Waals surface area contributed by atoms with Crippen LogP contribution in [0.2, 0.25) is 10.2 Å². The molecule has 0 aliphatic heterocycles. The summed E-state index contributed by atoms with van der Waals surface area (Å²) >= 11 is 11.5. The number of rotatable bonds is 3. The van der Waals surface area contributed by atoms with Gasteiger partial charge in [-0.1, -0.05) is 23.2 Å². The lowest BCUT2D eigenvalue weighted by atomic mass is 10.1. The lowest BCUT2D eigenvalue weighted by Crippen LogP contribution is -2.18. The van der Waals surface area contributed by atoms with Crippen molar-refractivity contribution in [1.82, 2.24) is 4.98 Å². The van der Waals surface area contributed by atoms with E-state index >= 15 is 0 Å². The topological polar surface area (TPSA) is 71.1 Å². The third-order valence-corrected chi connectivity index (χ3v) is 3.44. The van der Waals surface area contributed by atoms with Crippen LogP contribution in [-0.4, -0.2) is 16.8 Å². The molecule has 2 rings (SSSR count). The second-order valence-corrected chi connectivity index (χ2v) is 5.65. The summed E-state index contributed by atoms with van der Waals surface area (Å²) in [5, 5.41) is 4.25. The molecule has 0 fully saturated rings. The average molecular weight is 392 g/mol. The molecule has 25 heavy (non-hydrogen) atoms. The van der Waals surface area contributed by atoms with Gasteiger partial charge < -0.3 is 10.6 Å². The normalized spacial score (nSPS) is 11.1. The highest BCUT2D eigenvalue weighted by Gasteiger charge is 2.34. The summed E-state index contributed by atoms with van der Waals surface area (Å²) in [6.07, 6.45) is -4.76. The van der Waals surface area contributed by atoms with E-state index in [9.17, 15) is 22.8 Å². The second-order valence-electron chi connectivity index (χ2n) is 4.86. The molecule has 1 aromatic heterocycles. The van der Waals surface area contributed by atoms with Crippen LogP contribution in [0.15, 0.2) is 30.3 Å². The highest BCUT2D eigenvalue weighted by molar-refractivity contribution is 6.35. The van der Waals surface area contributed by atoms with Gasteiger partial charge in [-0.2, -0.15) is 13.2 Å². The molecule has 132 valence electrons. The fourth-order valence-electron chi connectivity index (χ4n) is 1.93. The molecular weight excluding hydrogens is 382 g/mol. The van der Waals surface area contributed by atoms with E-state index in [1.807, 2.05) is 0 Å². The minimum absolute atomic E-state index is 0.0356. The van der Waals surface area contributed by atoms with Crippen LogP contribution >= 0.6 is 23.2 Å². The fourth-order valence-corrected chi connectivity index (χ4v) is 2.27. The quantitative estimate of drug-likeness (QED) is 0.749. The number of anilines is 2.